The number of hydrogen-bond acceptors (Lipinski definition) is 7. The summed E-state index contributed by atoms with van der Waals surface area (Å²) in [5.41, 5.74) is 2.76. The number of sulfonamides is 1. The van der Waals surface area contributed by atoms with Crippen LogP contribution in [-0.2, 0) is 21.8 Å². The molecule has 0 bridgehead atoms. The van der Waals surface area contributed by atoms with Crippen molar-refractivity contribution in [2.75, 3.05) is 11.8 Å². The first-order valence-electron chi connectivity index (χ1n) is 9.98. The first-order chi connectivity index (χ1) is 16.3. The smallest absolute Gasteiger partial charge is 0.338 e. The summed E-state index contributed by atoms with van der Waals surface area (Å²) in [6.45, 7) is 0. The summed E-state index contributed by atoms with van der Waals surface area (Å²) in [7, 11) is -1.10. The molecule has 0 radical (unpaired) electrons. The van der Waals surface area contributed by atoms with Crippen molar-refractivity contribution in [1.29, 1.82) is 0 Å². The highest BCUT2D eigenvalue weighted by Gasteiger charge is 2.20. The zero-order valence-electron chi connectivity index (χ0n) is 18.3. The van der Waals surface area contributed by atoms with E-state index in [1.165, 1.54) is 36.3 Å². The molecule has 0 atom stereocenters. The molecule has 0 fully saturated rings. The Morgan fingerprint density at radius 1 is 1.09 bits per heavy atom. The molecule has 0 unspecified atom stereocenters. The highest BCUT2D eigenvalue weighted by atomic mass is 32.2. The highest BCUT2D eigenvalue weighted by molar-refractivity contribution is 7.92. The van der Waals surface area contributed by atoms with E-state index >= 15 is 0 Å². The third-order valence-electron chi connectivity index (χ3n) is 4.64. The number of esters is 1. The summed E-state index contributed by atoms with van der Waals surface area (Å²) in [6.07, 6.45) is 6.09. The number of methoxy groups -OCH3 is 1. The largest absolute Gasteiger partial charge is 0.465 e. The minimum Gasteiger partial charge on any atom is -0.465 e. The van der Waals surface area contributed by atoms with Crippen LogP contribution in [0.3, 0.4) is 0 Å². The lowest BCUT2D eigenvalue weighted by Gasteiger charge is -2.10. The molecule has 9 nitrogen and oxygen atoms in total. The van der Waals surface area contributed by atoms with Crippen molar-refractivity contribution in [1.82, 2.24) is 19.5 Å². The number of carbonyl (C=O) groups excluding carboxylic acids is 1. The van der Waals surface area contributed by atoms with Crippen molar-refractivity contribution in [3.8, 4) is 23.1 Å². The fourth-order valence-electron chi connectivity index (χ4n) is 2.99. The molecule has 170 valence electrons. The monoisotopic (exact) mass is 473 g/mol. The number of hydrogen-bond donors (Lipinski definition) is 1. The van der Waals surface area contributed by atoms with Crippen LogP contribution in [0.15, 0.2) is 78.5 Å². The number of aryl methyl sites for hydroxylation is 1. The summed E-state index contributed by atoms with van der Waals surface area (Å²) >= 11 is 0. The summed E-state index contributed by atoms with van der Waals surface area (Å²) < 4.78 is 34.1. The Morgan fingerprint density at radius 3 is 2.50 bits per heavy atom. The van der Waals surface area contributed by atoms with Gasteiger partial charge in [0.2, 0.25) is 0 Å². The minimum absolute atomic E-state index is 0.0380. The van der Waals surface area contributed by atoms with Gasteiger partial charge in [0.05, 0.1) is 24.7 Å². The van der Waals surface area contributed by atoms with Crippen LogP contribution in [0.5, 0.6) is 0 Å². The van der Waals surface area contributed by atoms with Crippen molar-refractivity contribution in [2.45, 2.75) is 5.03 Å². The quantitative estimate of drug-likeness (QED) is 0.350. The van der Waals surface area contributed by atoms with E-state index < -0.39 is 16.0 Å². The number of benzene rings is 1. The van der Waals surface area contributed by atoms with Gasteiger partial charge in [0.1, 0.15) is 5.82 Å². The second-order valence-electron chi connectivity index (χ2n) is 7.17. The number of anilines is 1. The Balaban J connectivity index is 1.66. The predicted molar refractivity (Wildman–Crippen MR) is 125 cm³/mol. The van der Waals surface area contributed by atoms with Crippen LogP contribution in [0.25, 0.3) is 11.3 Å². The molecule has 0 saturated heterocycles. The molecule has 1 aromatic carbocycles. The molecule has 34 heavy (non-hydrogen) atoms. The Bertz CT molecular complexity index is 1500. The Hall–Kier alpha value is -4.49. The fourth-order valence-corrected chi connectivity index (χ4v) is 3.96. The normalized spacial score (nSPS) is 10.8. The van der Waals surface area contributed by atoms with Crippen molar-refractivity contribution < 1.29 is 17.9 Å². The molecule has 10 heteroatoms. The van der Waals surface area contributed by atoms with Gasteiger partial charge in [-0.2, -0.15) is 8.42 Å². The van der Waals surface area contributed by atoms with E-state index in [1.54, 1.807) is 31.6 Å². The molecule has 3 heterocycles. The van der Waals surface area contributed by atoms with Crippen LogP contribution in [0.4, 0.5) is 5.82 Å². The lowest BCUT2D eigenvalue weighted by atomic mass is 10.1. The Morgan fingerprint density at radius 2 is 1.85 bits per heavy atom. The van der Waals surface area contributed by atoms with E-state index in [0.29, 0.717) is 11.3 Å². The fraction of sp³-hybridized carbons (Fsp3) is 0.0833. The van der Waals surface area contributed by atoms with E-state index in [9.17, 15) is 13.2 Å². The lowest BCUT2D eigenvalue weighted by Crippen LogP contribution is -2.15. The first-order valence-corrected chi connectivity index (χ1v) is 11.5. The second-order valence-corrected chi connectivity index (χ2v) is 8.80. The number of rotatable bonds is 5. The van der Waals surface area contributed by atoms with Gasteiger partial charge in [0.15, 0.2) is 5.03 Å². The number of pyridine rings is 2. The minimum atomic E-state index is -4.00. The average molecular weight is 474 g/mol. The molecule has 0 spiro atoms. The van der Waals surface area contributed by atoms with Gasteiger partial charge < -0.3 is 9.30 Å². The van der Waals surface area contributed by atoms with E-state index in [4.69, 9.17) is 4.74 Å². The maximum atomic E-state index is 12.7. The first kappa shape index (κ1) is 22.7. The standard InChI is InChI=1S/C24H19N5O4S/c1-29-15-23(26-16-29)34(31,32)28-22-13-20(24(30)33-2)12-21(27-22)19-9-7-17(8-10-19)5-6-18-4-3-11-25-14-18/h3-4,7-16H,1-2H3,(H,27,28). The van der Waals surface area contributed by atoms with Crippen LogP contribution in [0.1, 0.15) is 21.5 Å². The lowest BCUT2D eigenvalue weighted by molar-refractivity contribution is 0.0600. The molecule has 0 aliphatic rings. The van der Waals surface area contributed by atoms with Gasteiger partial charge in [-0.05, 0) is 36.4 Å². The number of nitrogens with zero attached hydrogens (tertiary/aromatic N) is 4. The van der Waals surface area contributed by atoms with Gasteiger partial charge in [-0.15, -0.1) is 0 Å². The van der Waals surface area contributed by atoms with E-state index in [2.05, 4.69) is 31.5 Å². The summed E-state index contributed by atoms with van der Waals surface area (Å²) in [5.74, 6) is 5.42. The van der Waals surface area contributed by atoms with Gasteiger partial charge in [-0.1, -0.05) is 24.0 Å². The van der Waals surface area contributed by atoms with Crippen LogP contribution < -0.4 is 4.72 Å². The van der Waals surface area contributed by atoms with Gasteiger partial charge in [-0.25, -0.2) is 14.8 Å². The van der Waals surface area contributed by atoms with E-state index in [0.717, 1.165) is 11.1 Å². The van der Waals surface area contributed by atoms with Crippen LogP contribution in [-0.4, -0.2) is 41.0 Å². The zero-order chi connectivity index (χ0) is 24.1. The summed E-state index contributed by atoms with van der Waals surface area (Å²) in [5, 5.41) is -0.168. The van der Waals surface area contributed by atoms with E-state index in [-0.39, 0.29) is 16.4 Å². The molecule has 0 saturated carbocycles. The number of carbonyl (C=O) groups is 1. The molecule has 0 aliphatic heterocycles. The van der Waals surface area contributed by atoms with Crippen LogP contribution >= 0.6 is 0 Å². The molecule has 0 amide bonds. The van der Waals surface area contributed by atoms with Crippen molar-refractivity contribution in [3.63, 3.8) is 0 Å². The summed E-state index contributed by atoms with van der Waals surface area (Å²) in [6, 6.07) is 13.7. The molecular formula is C24H19N5O4S. The molecule has 3 aromatic heterocycles. The van der Waals surface area contributed by atoms with Gasteiger partial charge >= 0.3 is 5.97 Å². The SMILES string of the molecule is COC(=O)c1cc(NS(=O)(=O)c2cn(C)cn2)nc(-c2ccc(C#Cc3cccnc3)cc2)c1. The highest BCUT2D eigenvalue weighted by Crippen LogP contribution is 2.24. The molecular weight excluding hydrogens is 454 g/mol. The van der Waals surface area contributed by atoms with Crippen molar-refractivity contribution in [2.24, 2.45) is 7.05 Å². The topological polar surface area (TPSA) is 116 Å². The predicted octanol–water partition coefficient (Wildman–Crippen LogP) is 2.86. The Labute approximate surface area is 196 Å². The second kappa shape index (κ2) is 9.56. The third-order valence-corrected chi connectivity index (χ3v) is 5.87. The molecule has 4 rings (SSSR count). The molecule has 0 aliphatic carbocycles. The third kappa shape index (κ3) is 5.28. The Kier molecular flexibility index (Phi) is 6.38. The van der Waals surface area contributed by atoms with Crippen molar-refractivity contribution in [3.05, 3.63) is 90.1 Å². The van der Waals surface area contributed by atoms with Crippen LogP contribution in [0, 0.1) is 11.8 Å². The number of ether oxygens (including phenoxy) is 1. The van der Waals surface area contributed by atoms with Gasteiger partial charge in [0.25, 0.3) is 10.0 Å². The molecule has 4 aromatic rings. The number of nitrogens with one attached hydrogen (secondary N) is 1. The average Bonchev–Trinajstić information content (AvgIpc) is 3.30. The summed E-state index contributed by atoms with van der Waals surface area (Å²) in [4.78, 5) is 24.5. The van der Waals surface area contributed by atoms with Gasteiger partial charge in [0, 0.05) is 42.3 Å². The van der Waals surface area contributed by atoms with Crippen LogP contribution in [0.2, 0.25) is 0 Å². The maximum absolute atomic E-state index is 12.7. The van der Waals surface area contributed by atoms with E-state index in [1.807, 2.05) is 24.3 Å². The zero-order valence-corrected chi connectivity index (χ0v) is 19.1. The van der Waals surface area contributed by atoms with Gasteiger partial charge in [-0.3, -0.25) is 9.71 Å². The molecule has 1 N–H and O–H groups in total. The van der Waals surface area contributed by atoms with Crippen molar-refractivity contribution >= 4 is 21.8 Å². The maximum Gasteiger partial charge on any atom is 0.338 e. The number of imidazole rings is 1. The number of aromatic nitrogens is 4.